The van der Waals surface area contributed by atoms with Gasteiger partial charge in [0.15, 0.2) is 0 Å². The number of benzene rings is 1. The topological polar surface area (TPSA) is 21.3 Å². The highest BCUT2D eigenvalue weighted by Gasteiger charge is 1.83. The van der Waals surface area contributed by atoms with Crippen LogP contribution in [0.2, 0.25) is 0 Å². The Morgan fingerprint density at radius 3 is 2.60 bits per heavy atom. The molecule has 0 amide bonds. The Kier molecular flexibility index (Phi) is 2.98. The van der Waals surface area contributed by atoms with E-state index >= 15 is 0 Å². The van der Waals surface area contributed by atoms with E-state index in [2.05, 4.69) is 5.32 Å². The summed E-state index contributed by atoms with van der Waals surface area (Å²) in [5.74, 6) is 0. The Bertz CT molecular complexity index is 178. The molecule has 0 saturated heterocycles. The second kappa shape index (κ2) is 4.08. The van der Waals surface area contributed by atoms with E-state index in [4.69, 9.17) is 4.43 Å². The number of hydrogen-bond donors (Lipinski definition) is 1. The number of nitrogens with one attached hydrogen (secondary N) is 1. The first kappa shape index (κ1) is 7.31. The number of hydrogen-bond acceptors (Lipinski definition) is 2. The van der Waals surface area contributed by atoms with Crippen molar-refractivity contribution in [3.63, 3.8) is 0 Å². The van der Waals surface area contributed by atoms with Crippen molar-refractivity contribution >= 4 is 16.2 Å². The normalized spacial score (nSPS) is 9.60. The van der Waals surface area contributed by atoms with Crippen LogP contribution in [0.5, 0.6) is 0 Å². The Balaban J connectivity index is 2.43. The van der Waals surface area contributed by atoms with Gasteiger partial charge in [0.25, 0.3) is 0 Å². The summed E-state index contributed by atoms with van der Waals surface area (Å²) in [6.45, 7) is 0.621. The van der Waals surface area contributed by atoms with Crippen molar-refractivity contribution in [2.45, 2.75) is 0 Å². The molecule has 0 aromatic heterocycles. The number of rotatable bonds is 3. The van der Waals surface area contributed by atoms with E-state index in [-0.39, 0.29) is 0 Å². The van der Waals surface area contributed by atoms with E-state index in [1.807, 2.05) is 30.3 Å². The first-order chi connectivity index (χ1) is 4.93. The Morgan fingerprint density at radius 2 is 2.00 bits per heavy atom. The standard InChI is InChI=1S/C7H11NOSi/c10-9-6-8-7-4-2-1-3-5-7/h1-5,8H,6H2,10H3. The van der Waals surface area contributed by atoms with Crippen molar-refractivity contribution in [3.05, 3.63) is 30.3 Å². The van der Waals surface area contributed by atoms with Gasteiger partial charge in [0.2, 0.25) is 0 Å². The van der Waals surface area contributed by atoms with Gasteiger partial charge >= 0.3 is 0 Å². The molecule has 1 rings (SSSR count). The fraction of sp³-hybridized carbons (Fsp3) is 0.143. The molecule has 54 valence electrons. The van der Waals surface area contributed by atoms with Gasteiger partial charge in [-0.3, -0.25) is 0 Å². The average Bonchev–Trinajstić information content (AvgIpc) is 2.03. The maximum atomic E-state index is 4.97. The summed E-state index contributed by atoms with van der Waals surface area (Å²) in [5.41, 5.74) is 1.11. The minimum atomic E-state index is 0.621. The first-order valence-electron chi connectivity index (χ1n) is 3.21. The molecule has 0 heterocycles. The lowest BCUT2D eigenvalue weighted by Gasteiger charge is -2.02. The van der Waals surface area contributed by atoms with Crippen LogP contribution >= 0.6 is 0 Å². The Labute approximate surface area is 63.8 Å². The van der Waals surface area contributed by atoms with Crippen molar-refractivity contribution in [2.75, 3.05) is 12.0 Å². The third-order valence-corrected chi connectivity index (χ3v) is 1.48. The summed E-state index contributed by atoms with van der Waals surface area (Å²) in [5, 5.41) is 3.11. The summed E-state index contributed by atoms with van der Waals surface area (Å²) >= 11 is 0. The molecule has 3 heteroatoms. The van der Waals surface area contributed by atoms with Crippen LogP contribution in [-0.2, 0) is 4.43 Å². The molecule has 0 aliphatic heterocycles. The predicted molar refractivity (Wildman–Crippen MR) is 46.0 cm³/mol. The smallest absolute Gasteiger partial charge is 0.148 e. The maximum Gasteiger partial charge on any atom is 0.148 e. The first-order valence-corrected chi connectivity index (χ1v) is 4.03. The van der Waals surface area contributed by atoms with Crippen LogP contribution in [0.25, 0.3) is 0 Å². The zero-order valence-corrected chi connectivity index (χ0v) is 8.00. The van der Waals surface area contributed by atoms with Crippen molar-refractivity contribution in [1.82, 2.24) is 0 Å². The van der Waals surface area contributed by atoms with E-state index in [0.717, 1.165) is 16.2 Å². The fourth-order valence-corrected chi connectivity index (χ4v) is 0.856. The summed E-state index contributed by atoms with van der Waals surface area (Å²) in [6.07, 6.45) is 0. The van der Waals surface area contributed by atoms with Gasteiger partial charge in [-0.25, -0.2) is 0 Å². The molecule has 2 nitrogen and oxygen atoms in total. The lowest BCUT2D eigenvalue weighted by atomic mass is 10.3. The minimum absolute atomic E-state index is 0.621. The highest BCUT2D eigenvalue weighted by molar-refractivity contribution is 5.98. The zero-order chi connectivity index (χ0) is 7.23. The van der Waals surface area contributed by atoms with Crippen LogP contribution in [-0.4, -0.2) is 17.2 Å². The monoisotopic (exact) mass is 153 g/mol. The maximum absolute atomic E-state index is 4.97. The van der Waals surface area contributed by atoms with Gasteiger partial charge in [-0.15, -0.1) is 0 Å². The van der Waals surface area contributed by atoms with Gasteiger partial charge in [-0.05, 0) is 12.1 Å². The highest BCUT2D eigenvalue weighted by Crippen LogP contribution is 2.03. The van der Waals surface area contributed by atoms with E-state index in [0.29, 0.717) is 6.73 Å². The molecule has 10 heavy (non-hydrogen) atoms. The van der Waals surface area contributed by atoms with Gasteiger partial charge in [0.1, 0.15) is 17.2 Å². The third-order valence-electron chi connectivity index (χ3n) is 1.19. The van der Waals surface area contributed by atoms with E-state index in [1.165, 1.54) is 0 Å². The molecule has 0 atom stereocenters. The lowest BCUT2D eigenvalue weighted by Crippen LogP contribution is -2.02. The molecule has 0 aliphatic rings. The van der Waals surface area contributed by atoms with Crippen LogP contribution in [0.4, 0.5) is 5.69 Å². The second-order valence-electron chi connectivity index (χ2n) is 1.98. The summed E-state index contributed by atoms with van der Waals surface area (Å²) in [4.78, 5) is 0. The van der Waals surface area contributed by atoms with Crippen LogP contribution in [0.15, 0.2) is 30.3 Å². The molecule has 0 fully saturated rings. The molecule has 0 spiro atoms. The summed E-state index contributed by atoms with van der Waals surface area (Å²) in [6, 6.07) is 10.0. The SMILES string of the molecule is [SiH3]OCNc1ccccc1. The van der Waals surface area contributed by atoms with Gasteiger partial charge in [-0.1, -0.05) is 18.2 Å². The quantitative estimate of drug-likeness (QED) is 0.500. The molecular weight excluding hydrogens is 142 g/mol. The van der Waals surface area contributed by atoms with E-state index < -0.39 is 0 Å². The average molecular weight is 153 g/mol. The third kappa shape index (κ3) is 2.20. The Hall–Kier alpha value is -0.803. The zero-order valence-electron chi connectivity index (χ0n) is 6.00. The minimum Gasteiger partial charge on any atom is -0.411 e. The van der Waals surface area contributed by atoms with Gasteiger partial charge in [-0.2, -0.15) is 0 Å². The molecule has 0 bridgehead atoms. The molecule has 0 radical (unpaired) electrons. The molecule has 0 unspecified atom stereocenters. The van der Waals surface area contributed by atoms with Crippen LogP contribution in [0.1, 0.15) is 0 Å². The molecule has 1 N–H and O–H groups in total. The van der Waals surface area contributed by atoms with Crippen molar-refractivity contribution in [2.24, 2.45) is 0 Å². The lowest BCUT2D eigenvalue weighted by molar-refractivity contribution is 0.383. The van der Waals surface area contributed by atoms with Crippen LogP contribution < -0.4 is 5.32 Å². The van der Waals surface area contributed by atoms with Crippen molar-refractivity contribution in [3.8, 4) is 0 Å². The molecule has 0 saturated carbocycles. The number of anilines is 1. The van der Waals surface area contributed by atoms with Crippen LogP contribution in [0.3, 0.4) is 0 Å². The predicted octanol–water partition coefficient (Wildman–Crippen LogP) is 0.353. The van der Waals surface area contributed by atoms with Crippen molar-refractivity contribution < 1.29 is 4.43 Å². The molecule has 1 aromatic carbocycles. The van der Waals surface area contributed by atoms with Gasteiger partial charge < -0.3 is 9.74 Å². The van der Waals surface area contributed by atoms with E-state index in [1.54, 1.807) is 0 Å². The van der Waals surface area contributed by atoms with Gasteiger partial charge in [0, 0.05) is 5.69 Å². The summed E-state index contributed by atoms with van der Waals surface area (Å²) < 4.78 is 4.97. The van der Waals surface area contributed by atoms with Crippen molar-refractivity contribution in [1.29, 1.82) is 0 Å². The largest absolute Gasteiger partial charge is 0.411 e. The Morgan fingerprint density at radius 1 is 1.30 bits per heavy atom. The summed E-state index contributed by atoms with van der Waals surface area (Å²) in [7, 11) is 0.787. The molecule has 0 aliphatic carbocycles. The van der Waals surface area contributed by atoms with Crippen LogP contribution in [0, 0.1) is 0 Å². The van der Waals surface area contributed by atoms with E-state index in [9.17, 15) is 0 Å². The molecular formula is C7H11NOSi. The number of para-hydroxylation sites is 1. The van der Waals surface area contributed by atoms with Gasteiger partial charge in [0.05, 0.1) is 0 Å². The fourth-order valence-electron chi connectivity index (χ4n) is 0.712. The highest BCUT2D eigenvalue weighted by atomic mass is 28.2. The second-order valence-corrected chi connectivity index (χ2v) is 2.55. The molecule has 1 aromatic rings.